The Morgan fingerprint density at radius 2 is 1.80 bits per heavy atom. The van der Waals surface area contributed by atoms with Crippen LogP contribution >= 0.6 is 0 Å². The molecule has 0 aliphatic carbocycles. The van der Waals surface area contributed by atoms with Crippen molar-refractivity contribution in [1.29, 1.82) is 0 Å². The summed E-state index contributed by atoms with van der Waals surface area (Å²) in [6, 6.07) is 4.59. The van der Waals surface area contributed by atoms with Gasteiger partial charge in [-0.1, -0.05) is 24.3 Å². The Labute approximate surface area is 87.1 Å². The highest BCUT2D eigenvalue weighted by molar-refractivity contribution is 5.94. The molecule has 15 heavy (non-hydrogen) atoms. The first-order valence-electron chi connectivity index (χ1n) is 4.56. The summed E-state index contributed by atoms with van der Waals surface area (Å²) in [5, 5.41) is 0. The van der Waals surface area contributed by atoms with Gasteiger partial charge >= 0.3 is 0 Å². The molecule has 0 spiro atoms. The molecule has 2 N–H and O–H groups in total. The number of carbonyl (C=O) groups excluding carboxylic acids is 1. The summed E-state index contributed by atoms with van der Waals surface area (Å²) in [7, 11) is 0. The summed E-state index contributed by atoms with van der Waals surface area (Å²) in [6.45, 7) is 2.19. The first-order chi connectivity index (χ1) is 6.82. The van der Waals surface area contributed by atoms with Crippen molar-refractivity contribution in [2.75, 3.05) is 0 Å². The van der Waals surface area contributed by atoms with Crippen molar-refractivity contribution in [3.05, 3.63) is 35.4 Å². The predicted octanol–water partition coefficient (Wildman–Crippen LogP) is 2.54. The quantitative estimate of drug-likeness (QED) is 0.784. The third-order valence-corrected chi connectivity index (χ3v) is 2.22. The zero-order chi connectivity index (χ0) is 11.6. The highest BCUT2D eigenvalue weighted by Gasteiger charge is 2.31. The Hall–Kier alpha value is -1.29. The van der Waals surface area contributed by atoms with Crippen LogP contribution in [0.15, 0.2) is 24.3 Å². The molecule has 0 radical (unpaired) electrons. The molecule has 1 atom stereocenters. The number of rotatable bonds is 3. The Morgan fingerprint density at radius 1 is 1.33 bits per heavy atom. The van der Waals surface area contributed by atoms with Crippen LogP contribution in [-0.4, -0.2) is 11.7 Å². The van der Waals surface area contributed by atoms with E-state index in [-0.39, 0.29) is 5.78 Å². The molecular weight excluding hydrogens is 200 g/mol. The summed E-state index contributed by atoms with van der Waals surface area (Å²) in [6.07, 6.45) is 0. The molecule has 4 heteroatoms. The fourth-order valence-corrected chi connectivity index (χ4v) is 1.22. The molecule has 0 fully saturated rings. The van der Waals surface area contributed by atoms with Crippen LogP contribution in [0.1, 0.15) is 35.8 Å². The molecule has 0 aliphatic heterocycles. The van der Waals surface area contributed by atoms with Gasteiger partial charge in [0.25, 0.3) is 5.92 Å². The van der Waals surface area contributed by atoms with Gasteiger partial charge in [-0.15, -0.1) is 0 Å². The molecule has 0 aromatic heterocycles. The number of carbonyl (C=O) groups is 1. The highest BCUT2D eigenvalue weighted by atomic mass is 19.3. The van der Waals surface area contributed by atoms with Crippen LogP contribution in [0.4, 0.5) is 8.78 Å². The lowest BCUT2D eigenvalue weighted by atomic mass is 10.0. The third kappa shape index (κ3) is 2.83. The van der Waals surface area contributed by atoms with E-state index < -0.39 is 12.0 Å². The topological polar surface area (TPSA) is 43.1 Å². The minimum absolute atomic E-state index is 0.0987. The van der Waals surface area contributed by atoms with Crippen LogP contribution in [0.5, 0.6) is 0 Å². The standard InChI is InChI=1S/C11H13F2NO/c1-7(15)8-3-5-9(6-4-8)10(14)11(2,12)13/h3-6,10H,14H2,1-2H3. The lowest BCUT2D eigenvalue weighted by molar-refractivity contribution is -0.00619. The Bertz CT molecular complexity index is 354. The lowest BCUT2D eigenvalue weighted by Gasteiger charge is -2.19. The zero-order valence-electron chi connectivity index (χ0n) is 8.63. The molecule has 0 saturated heterocycles. The fourth-order valence-electron chi connectivity index (χ4n) is 1.22. The molecule has 2 nitrogen and oxygen atoms in total. The normalized spacial score (nSPS) is 13.7. The van der Waals surface area contributed by atoms with Crippen molar-refractivity contribution in [3.8, 4) is 0 Å². The second-order valence-electron chi connectivity index (χ2n) is 3.61. The van der Waals surface area contributed by atoms with Crippen LogP contribution in [0.25, 0.3) is 0 Å². The molecule has 1 aromatic carbocycles. The lowest BCUT2D eigenvalue weighted by Crippen LogP contribution is -2.29. The van der Waals surface area contributed by atoms with Crippen molar-refractivity contribution >= 4 is 5.78 Å². The van der Waals surface area contributed by atoms with E-state index >= 15 is 0 Å². The maximum absolute atomic E-state index is 12.9. The molecule has 0 amide bonds. The maximum Gasteiger partial charge on any atom is 0.264 e. The summed E-state index contributed by atoms with van der Waals surface area (Å²) in [4.78, 5) is 10.9. The second kappa shape index (κ2) is 4.06. The largest absolute Gasteiger partial charge is 0.319 e. The van der Waals surface area contributed by atoms with Gasteiger partial charge in [-0.3, -0.25) is 4.79 Å². The van der Waals surface area contributed by atoms with Crippen LogP contribution in [-0.2, 0) is 0 Å². The molecule has 1 rings (SSSR count). The van der Waals surface area contributed by atoms with Gasteiger partial charge in [0.1, 0.15) is 0 Å². The fraction of sp³-hybridized carbons (Fsp3) is 0.364. The summed E-state index contributed by atoms with van der Waals surface area (Å²) >= 11 is 0. The van der Waals surface area contributed by atoms with Gasteiger partial charge in [0.15, 0.2) is 5.78 Å². The SMILES string of the molecule is CC(=O)c1ccc(C(N)C(C)(F)F)cc1. The van der Waals surface area contributed by atoms with E-state index in [4.69, 9.17) is 5.73 Å². The second-order valence-corrected chi connectivity index (χ2v) is 3.61. The van der Waals surface area contributed by atoms with Gasteiger partial charge in [0, 0.05) is 12.5 Å². The number of hydrogen-bond acceptors (Lipinski definition) is 2. The molecule has 0 heterocycles. The van der Waals surface area contributed by atoms with Gasteiger partial charge in [-0.25, -0.2) is 8.78 Å². The Morgan fingerprint density at radius 3 is 2.13 bits per heavy atom. The van der Waals surface area contributed by atoms with Crippen molar-refractivity contribution in [1.82, 2.24) is 0 Å². The zero-order valence-corrected chi connectivity index (χ0v) is 8.63. The Balaban J connectivity index is 2.94. The summed E-state index contributed by atoms with van der Waals surface area (Å²) in [5.74, 6) is -3.06. The van der Waals surface area contributed by atoms with Crippen LogP contribution in [0, 0.1) is 0 Å². The van der Waals surface area contributed by atoms with Crippen LogP contribution in [0.2, 0.25) is 0 Å². The molecular formula is C11H13F2NO. The van der Waals surface area contributed by atoms with Gasteiger partial charge in [0.2, 0.25) is 0 Å². The van der Waals surface area contributed by atoms with Crippen molar-refractivity contribution in [2.45, 2.75) is 25.8 Å². The number of Topliss-reactive ketones (excluding diaryl/α,β-unsaturated/α-hetero) is 1. The third-order valence-electron chi connectivity index (χ3n) is 2.22. The van der Waals surface area contributed by atoms with E-state index in [1.807, 2.05) is 0 Å². The highest BCUT2D eigenvalue weighted by Crippen LogP contribution is 2.28. The van der Waals surface area contributed by atoms with Gasteiger partial charge < -0.3 is 5.73 Å². The number of hydrogen-bond donors (Lipinski definition) is 1. The molecule has 1 aromatic rings. The minimum Gasteiger partial charge on any atom is -0.319 e. The number of ketones is 1. The van der Waals surface area contributed by atoms with E-state index in [2.05, 4.69) is 0 Å². The van der Waals surface area contributed by atoms with Gasteiger partial charge in [-0.2, -0.15) is 0 Å². The molecule has 0 saturated carbocycles. The average Bonchev–Trinajstić information content (AvgIpc) is 2.15. The van der Waals surface area contributed by atoms with Gasteiger partial charge in [-0.05, 0) is 12.5 Å². The minimum atomic E-state index is -2.96. The van der Waals surface area contributed by atoms with Crippen molar-refractivity contribution in [3.63, 3.8) is 0 Å². The van der Waals surface area contributed by atoms with E-state index in [0.29, 0.717) is 11.1 Å². The van der Waals surface area contributed by atoms with Crippen LogP contribution < -0.4 is 5.73 Å². The number of alkyl halides is 2. The molecule has 0 aliphatic rings. The summed E-state index contributed by atoms with van der Waals surface area (Å²) < 4.78 is 25.7. The summed E-state index contributed by atoms with van der Waals surface area (Å²) in [5.41, 5.74) is 6.18. The van der Waals surface area contributed by atoms with E-state index in [9.17, 15) is 13.6 Å². The van der Waals surface area contributed by atoms with E-state index in [1.54, 1.807) is 0 Å². The average molecular weight is 213 g/mol. The first kappa shape index (κ1) is 11.8. The van der Waals surface area contributed by atoms with Crippen LogP contribution in [0.3, 0.4) is 0 Å². The van der Waals surface area contributed by atoms with E-state index in [1.165, 1.54) is 31.2 Å². The smallest absolute Gasteiger partial charge is 0.264 e. The van der Waals surface area contributed by atoms with E-state index in [0.717, 1.165) is 6.92 Å². The predicted molar refractivity (Wildman–Crippen MR) is 54.0 cm³/mol. The van der Waals surface area contributed by atoms with Gasteiger partial charge in [0.05, 0.1) is 6.04 Å². The number of benzene rings is 1. The first-order valence-corrected chi connectivity index (χ1v) is 4.56. The Kier molecular flexibility index (Phi) is 3.19. The van der Waals surface area contributed by atoms with Crippen molar-refractivity contribution < 1.29 is 13.6 Å². The molecule has 1 unspecified atom stereocenters. The maximum atomic E-state index is 12.9. The monoisotopic (exact) mass is 213 g/mol. The molecule has 0 bridgehead atoms. The van der Waals surface area contributed by atoms with Crippen molar-refractivity contribution in [2.24, 2.45) is 5.73 Å². The number of nitrogens with two attached hydrogens (primary N) is 1. The molecule has 82 valence electrons. The number of halogens is 2.